The van der Waals surface area contributed by atoms with Crippen LogP contribution in [0.2, 0.25) is 0 Å². The number of nitrogens with zero attached hydrogens (tertiary/aromatic N) is 3. The van der Waals surface area contributed by atoms with Crippen LogP contribution in [0.3, 0.4) is 0 Å². The molecule has 1 heterocycles. The Balaban J connectivity index is 3.02. The zero-order valence-corrected chi connectivity index (χ0v) is 13.8. The van der Waals surface area contributed by atoms with Gasteiger partial charge in [-0.3, -0.25) is 0 Å². The van der Waals surface area contributed by atoms with Crippen LogP contribution in [0.25, 0.3) is 0 Å². The molecule has 1 aromatic heterocycles. The number of nitrogens with one attached hydrogen (secondary N) is 2. The zero-order valence-electron chi connectivity index (χ0n) is 13.8. The SMILES string of the molecule is CCCNc1nc(NC(C)(C)C(C)(C)O)nc(OCC)n1. The minimum absolute atomic E-state index is 0.264. The minimum Gasteiger partial charge on any atom is -0.464 e. The lowest BCUT2D eigenvalue weighted by atomic mass is 9.86. The van der Waals surface area contributed by atoms with Crippen LogP contribution < -0.4 is 15.4 Å². The highest BCUT2D eigenvalue weighted by atomic mass is 16.5. The van der Waals surface area contributed by atoms with Crippen LogP contribution in [-0.4, -0.2) is 44.4 Å². The molecule has 7 nitrogen and oxygen atoms in total. The third kappa shape index (κ3) is 5.00. The second kappa shape index (κ2) is 6.89. The van der Waals surface area contributed by atoms with E-state index < -0.39 is 11.1 Å². The first kappa shape index (κ1) is 17.4. The van der Waals surface area contributed by atoms with Gasteiger partial charge in [0.15, 0.2) is 0 Å². The van der Waals surface area contributed by atoms with E-state index in [1.165, 1.54) is 0 Å². The molecule has 7 heteroatoms. The number of anilines is 2. The molecule has 0 atom stereocenters. The molecule has 0 aliphatic carbocycles. The van der Waals surface area contributed by atoms with Crippen LogP contribution in [-0.2, 0) is 0 Å². The van der Waals surface area contributed by atoms with E-state index >= 15 is 0 Å². The maximum atomic E-state index is 10.2. The summed E-state index contributed by atoms with van der Waals surface area (Å²) in [7, 11) is 0. The van der Waals surface area contributed by atoms with Crippen molar-refractivity contribution in [3.05, 3.63) is 0 Å². The normalized spacial score (nSPS) is 12.1. The average Bonchev–Trinajstić information content (AvgIpc) is 2.34. The van der Waals surface area contributed by atoms with Gasteiger partial charge in [-0.25, -0.2) is 0 Å². The summed E-state index contributed by atoms with van der Waals surface area (Å²) in [6.07, 6.45) is 0.966. The molecule has 0 unspecified atom stereocenters. The molecule has 0 radical (unpaired) electrons. The Labute approximate surface area is 126 Å². The highest BCUT2D eigenvalue weighted by Gasteiger charge is 2.35. The first-order valence-corrected chi connectivity index (χ1v) is 7.33. The molecule has 1 rings (SSSR count). The summed E-state index contributed by atoms with van der Waals surface area (Å²) >= 11 is 0. The van der Waals surface area contributed by atoms with Crippen LogP contribution >= 0.6 is 0 Å². The van der Waals surface area contributed by atoms with Crippen molar-refractivity contribution < 1.29 is 9.84 Å². The molecule has 21 heavy (non-hydrogen) atoms. The second-order valence-electron chi connectivity index (χ2n) is 5.93. The quantitative estimate of drug-likeness (QED) is 0.676. The average molecular weight is 297 g/mol. The Hall–Kier alpha value is -1.63. The Kier molecular flexibility index (Phi) is 5.71. The lowest BCUT2D eigenvalue weighted by molar-refractivity contribution is 0.0236. The molecule has 0 aliphatic heterocycles. The van der Waals surface area contributed by atoms with Crippen molar-refractivity contribution in [2.75, 3.05) is 23.8 Å². The number of aromatic nitrogens is 3. The van der Waals surface area contributed by atoms with Gasteiger partial charge < -0.3 is 20.5 Å². The van der Waals surface area contributed by atoms with Crippen molar-refractivity contribution in [3.63, 3.8) is 0 Å². The van der Waals surface area contributed by atoms with Gasteiger partial charge in [-0.2, -0.15) is 15.0 Å². The number of hydrogen-bond donors (Lipinski definition) is 3. The zero-order chi connectivity index (χ0) is 16.1. The molecule has 0 spiro atoms. The summed E-state index contributed by atoms with van der Waals surface area (Å²) in [5.41, 5.74) is -1.55. The summed E-state index contributed by atoms with van der Waals surface area (Å²) in [6, 6.07) is 0.264. The molecular formula is C14H27N5O2. The van der Waals surface area contributed by atoms with Crippen LogP contribution in [0.4, 0.5) is 11.9 Å². The van der Waals surface area contributed by atoms with Gasteiger partial charge in [-0.1, -0.05) is 6.92 Å². The molecule has 0 aliphatic rings. The van der Waals surface area contributed by atoms with Crippen molar-refractivity contribution in [2.45, 2.75) is 59.1 Å². The minimum atomic E-state index is -0.942. The fourth-order valence-electron chi connectivity index (χ4n) is 1.35. The number of rotatable bonds is 8. The van der Waals surface area contributed by atoms with Gasteiger partial charge in [-0.15, -0.1) is 0 Å². The van der Waals surface area contributed by atoms with E-state index in [-0.39, 0.29) is 6.01 Å². The van der Waals surface area contributed by atoms with Gasteiger partial charge in [-0.05, 0) is 41.0 Å². The van der Waals surface area contributed by atoms with E-state index in [2.05, 4.69) is 32.5 Å². The Morgan fingerprint density at radius 1 is 1.05 bits per heavy atom. The molecular weight excluding hydrogens is 270 g/mol. The third-order valence-electron chi connectivity index (χ3n) is 3.38. The van der Waals surface area contributed by atoms with Crippen LogP contribution in [0.5, 0.6) is 6.01 Å². The maximum Gasteiger partial charge on any atom is 0.323 e. The largest absolute Gasteiger partial charge is 0.464 e. The van der Waals surface area contributed by atoms with Crippen LogP contribution in [0.15, 0.2) is 0 Å². The molecule has 120 valence electrons. The van der Waals surface area contributed by atoms with E-state index in [0.29, 0.717) is 18.5 Å². The molecule has 0 aromatic carbocycles. The number of aliphatic hydroxyl groups is 1. The van der Waals surface area contributed by atoms with Crippen LogP contribution in [0.1, 0.15) is 48.0 Å². The maximum absolute atomic E-state index is 10.2. The Morgan fingerprint density at radius 2 is 1.67 bits per heavy atom. The van der Waals surface area contributed by atoms with E-state index in [9.17, 15) is 5.11 Å². The molecule has 0 bridgehead atoms. The summed E-state index contributed by atoms with van der Waals surface area (Å²) in [6.45, 7) is 12.4. The summed E-state index contributed by atoms with van der Waals surface area (Å²) in [5.74, 6) is 0.837. The topological polar surface area (TPSA) is 92.2 Å². The van der Waals surface area contributed by atoms with Crippen molar-refractivity contribution in [1.82, 2.24) is 15.0 Å². The summed E-state index contributed by atoms with van der Waals surface area (Å²) < 4.78 is 5.36. The summed E-state index contributed by atoms with van der Waals surface area (Å²) in [4.78, 5) is 12.7. The van der Waals surface area contributed by atoms with Gasteiger partial charge in [0.1, 0.15) is 0 Å². The standard InChI is InChI=1S/C14H27N5O2/c1-7-9-15-10-16-11(18-12(17-10)21-8-2)19-13(3,4)14(5,6)20/h20H,7-9H2,1-6H3,(H2,15,16,17,18,19). The predicted molar refractivity (Wildman–Crippen MR) is 83.8 cm³/mol. The molecule has 0 amide bonds. The lowest BCUT2D eigenvalue weighted by Gasteiger charge is -2.37. The van der Waals surface area contributed by atoms with Gasteiger partial charge in [0.25, 0.3) is 0 Å². The fraction of sp³-hybridized carbons (Fsp3) is 0.786. The smallest absolute Gasteiger partial charge is 0.323 e. The van der Waals surface area contributed by atoms with Crippen molar-refractivity contribution in [2.24, 2.45) is 0 Å². The Morgan fingerprint density at radius 3 is 2.19 bits per heavy atom. The van der Waals surface area contributed by atoms with Gasteiger partial charge in [0, 0.05) is 6.54 Å². The van der Waals surface area contributed by atoms with Crippen molar-refractivity contribution >= 4 is 11.9 Å². The second-order valence-corrected chi connectivity index (χ2v) is 5.93. The van der Waals surface area contributed by atoms with Crippen LogP contribution in [0, 0.1) is 0 Å². The van der Waals surface area contributed by atoms with E-state index in [1.54, 1.807) is 13.8 Å². The van der Waals surface area contributed by atoms with Gasteiger partial charge in [0.05, 0.1) is 17.7 Å². The molecule has 0 saturated heterocycles. The lowest BCUT2D eigenvalue weighted by Crippen LogP contribution is -2.51. The third-order valence-corrected chi connectivity index (χ3v) is 3.38. The predicted octanol–water partition coefficient (Wildman–Crippen LogP) is 2.05. The Bertz CT molecular complexity index is 457. The summed E-state index contributed by atoms with van der Waals surface area (Å²) in [5, 5.41) is 16.5. The van der Waals surface area contributed by atoms with Crippen molar-refractivity contribution in [3.8, 4) is 6.01 Å². The first-order chi connectivity index (χ1) is 9.69. The van der Waals surface area contributed by atoms with E-state index in [4.69, 9.17) is 4.74 Å². The van der Waals surface area contributed by atoms with Gasteiger partial charge in [0.2, 0.25) is 11.9 Å². The molecule has 0 fully saturated rings. The van der Waals surface area contributed by atoms with E-state index in [1.807, 2.05) is 20.8 Å². The molecule has 3 N–H and O–H groups in total. The monoisotopic (exact) mass is 297 g/mol. The van der Waals surface area contributed by atoms with Gasteiger partial charge >= 0.3 is 6.01 Å². The van der Waals surface area contributed by atoms with E-state index in [0.717, 1.165) is 13.0 Å². The first-order valence-electron chi connectivity index (χ1n) is 7.33. The molecule has 1 aromatic rings. The highest BCUT2D eigenvalue weighted by molar-refractivity contribution is 5.38. The fourth-order valence-corrected chi connectivity index (χ4v) is 1.35. The highest BCUT2D eigenvalue weighted by Crippen LogP contribution is 2.25. The van der Waals surface area contributed by atoms with Crippen molar-refractivity contribution in [1.29, 1.82) is 0 Å². The molecule has 0 saturated carbocycles. The number of hydrogen-bond acceptors (Lipinski definition) is 7. The number of ether oxygens (including phenoxy) is 1.